The fourth-order valence-corrected chi connectivity index (χ4v) is 4.60. The molecule has 1 aliphatic heterocycles. The van der Waals surface area contributed by atoms with Gasteiger partial charge in [-0.1, -0.05) is 6.07 Å². The third-order valence-corrected chi connectivity index (χ3v) is 6.61. The molecule has 0 radical (unpaired) electrons. The first-order valence-corrected chi connectivity index (χ1v) is 12.3. The van der Waals surface area contributed by atoms with Crippen LogP contribution in [0.2, 0.25) is 0 Å². The van der Waals surface area contributed by atoms with Gasteiger partial charge < -0.3 is 20.7 Å². The normalized spacial score (nSPS) is 16.7. The molecule has 1 fully saturated rings. The lowest BCUT2D eigenvalue weighted by Gasteiger charge is -2.35. The van der Waals surface area contributed by atoms with E-state index in [0.29, 0.717) is 33.9 Å². The largest absolute Gasteiger partial charge is 0.496 e. The number of pyridine rings is 2. The maximum absolute atomic E-state index is 14.8. The number of nitrogens with two attached hydrogens (primary N) is 1. The van der Waals surface area contributed by atoms with Gasteiger partial charge in [0.1, 0.15) is 35.4 Å². The van der Waals surface area contributed by atoms with Crippen molar-refractivity contribution >= 4 is 29.7 Å². The summed E-state index contributed by atoms with van der Waals surface area (Å²) in [6, 6.07) is 10.3. The number of anilines is 3. The number of alkyl halides is 3. The van der Waals surface area contributed by atoms with Crippen molar-refractivity contribution in [2.75, 3.05) is 30.4 Å². The molecule has 5 rings (SSSR count). The molecule has 0 bridgehead atoms. The third-order valence-electron chi connectivity index (χ3n) is 6.61. The number of halogens is 5. The molecule has 0 spiro atoms. The van der Waals surface area contributed by atoms with E-state index in [-0.39, 0.29) is 53.8 Å². The minimum atomic E-state index is -2.81. The molecule has 41 heavy (non-hydrogen) atoms. The summed E-state index contributed by atoms with van der Waals surface area (Å²) in [5.74, 6) is 0.180. The van der Waals surface area contributed by atoms with Crippen LogP contribution in [0, 0.1) is 17.1 Å². The highest BCUT2D eigenvalue weighted by molar-refractivity contribution is 5.85. The lowest BCUT2D eigenvalue weighted by atomic mass is 10.0. The summed E-state index contributed by atoms with van der Waals surface area (Å²) in [5.41, 5.74) is 7.73. The van der Waals surface area contributed by atoms with Crippen LogP contribution in [0.5, 0.6) is 5.75 Å². The molecule has 2 atom stereocenters. The Bertz CT molecular complexity index is 1580. The van der Waals surface area contributed by atoms with E-state index in [0.717, 1.165) is 0 Å². The van der Waals surface area contributed by atoms with Gasteiger partial charge in [-0.15, -0.1) is 12.4 Å². The van der Waals surface area contributed by atoms with Crippen molar-refractivity contribution < 1.29 is 22.3 Å². The Morgan fingerprint density at radius 3 is 2.68 bits per heavy atom. The van der Waals surface area contributed by atoms with Crippen molar-refractivity contribution in [2.45, 2.75) is 25.2 Å². The number of hydrogen-bond donors (Lipinski definition) is 2. The van der Waals surface area contributed by atoms with E-state index >= 15 is 0 Å². The molecular weight excluding hydrogens is 564 g/mol. The number of rotatable bonds is 7. The van der Waals surface area contributed by atoms with Crippen molar-refractivity contribution in [2.24, 2.45) is 5.73 Å². The van der Waals surface area contributed by atoms with E-state index in [1.54, 1.807) is 18.2 Å². The second-order valence-electron chi connectivity index (χ2n) is 9.13. The summed E-state index contributed by atoms with van der Waals surface area (Å²) in [7, 11) is 1.39. The Balaban J connectivity index is 0.00000387. The number of ether oxygens (including phenoxy) is 1. The Hall–Kier alpha value is -4.41. The topological polar surface area (TPSA) is 118 Å². The second-order valence-corrected chi connectivity index (χ2v) is 9.13. The summed E-state index contributed by atoms with van der Waals surface area (Å²) in [4.78, 5) is 10.8. The minimum absolute atomic E-state index is 0. The molecule has 4 aromatic rings. The van der Waals surface area contributed by atoms with Gasteiger partial charge in [0.05, 0.1) is 36.2 Å². The van der Waals surface area contributed by atoms with E-state index in [1.165, 1.54) is 43.9 Å². The summed E-state index contributed by atoms with van der Waals surface area (Å²) in [6.07, 6.45) is 3.04. The molecule has 1 aliphatic rings. The highest BCUT2D eigenvalue weighted by Crippen LogP contribution is 2.37. The number of aromatic nitrogens is 4. The van der Waals surface area contributed by atoms with Crippen LogP contribution in [0.4, 0.5) is 34.9 Å². The van der Waals surface area contributed by atoms with Gasteiger partial charge in [-0.2, -0.15) is 19.1 Å². The van der Waals surface area contributed by atoms with Crippen LogP contribution < -0.4 is 20.7 Å². The first kappa shape index (κ1) is 29.6. The van der Waals surface area contributed by atoms with E-state index in [9.17, 15) is 22.8 Å². The molecule has 1 saturated heterocycles. The predicted octanol–water partition coefficient (Wildman–Crippen LogP) is 5.46. The number of hydrogen-bond acceptors (Lipinski definition) is 8. The Kier molecular flexibility index (Phi) is 8.95. The zero-order valence-corrected chi connectivity index (χ0v) is 22.5. The number of nitriles is 1. The first-order valence-electron chi connectivity index (χ1n) is 12.3. The van der Waals surface area contributed by atoms with Gasteiger partial charge in [0, 0.05) is 48.4 Å². The molecule has 14 heteroatoms. The van der Waals surface area contributed by atoms with Crippen molar-refractivity contribution in [1.29, 1.82) is 5.26 Å². The smallest absolute Gasteiger partial charge is 0.333 e. The zero-order chi connectivity index (χ0) is 28.4. The molecule has 214 valence electrons. The molecule has 9 nitrogen and oxygen atoms in total. The van der Waals surface area contributed by atoms with Crippen LogP contribution in [0.3, 0.4) is 0 Å². The fourth-order valence-electron chi connectivity index (χ4n) is 4.60. The Morgan fingerprint density at radius 2 is 2.00 bits per heavy atom. The average molecular weight is 589 g/mol. The standard InChI is InChI=1S/C27H24F4N8O.ClH/c1-40-22-4-2-3-19(29)25(22)26-15(10-32)5-6-23(37-26)36-24-9-21(38-8-7-18(28)20(33)14-38)17(12-34-24)16-11-35-39(13-16)27(30)31;/h2-6,9,11-13,18,20,27H,7-8,14,33H2,1H3,(H,34,36,37);1H/t18-,20-;/m1./s1. The zero-order valence-electron chi connectivity index (χ0n) is 21.6. The van der Waals surface area contributed by atoms with Crippen molar-refractivity contribution in [3.05, 3.63) is 66.4 Å². The van der Waals surface area contributed by atoms with Gasteiger partial charge in [0.15, 0.2) is 0 Å². The highest BCUT2D eigenvalue weighted by atomic mass is 35.5. The monoisotopic (exact) mass is 588 g/mol. The number of piperidine rings is 1. The average Bonchev–Trinajstić information content (AvgIpc) is 3.45. The molecule has 4 heterocycles. The van der Waals surface area contributed by atoms with E-state index in [1.807, 2.05) is 11.0 Å². The van der Waals surface area contributed by atoms with Crippen LogP contribution in [0.25, 0.3) is 22.4 Å². The quantitative estimate of drug-likeness (QED) is 0.273. The molecule has 3 aromatic heterocycles. The molecule has 0 amide bonds. The highest BCUT2D eigenvalue weighted by Gasteiger charge is 2.28. The van der Waals surface area contributed by atoms with Gasteiger partial charge in [-0.3, -0.25) is 0 Å². The van der Waals surface area contributed by atoms with Gasteiger partial charge in [-0.05, 0) is 30.7 Å². The SMILES string of the molecule is COc1cccc(F)c1-c1nc(Nc2cc(N3CC[C@@H](F)[C@H](N)C3)c(-c3cnn(C(F)F)c3)cn2)ccc1C#N.Cl. The number of benzene rings is 1. The van der Waals surface area contributed by atoms with Crippen molar-refractivity contribution in [3.8, 4) is 34.2 Å². The maximum atomic E-state index is 14.8. The Morgan fingerprint density at radius 1 is 1.20 bits per heavy atom. The summed E-state index contributed by atoms with van der Waals surface area (Å²) < 4.78 is 61.1. The molecule has 3 N–H and O–H groups in total. The molecule has 0 unspecified atom stereocenters. The van der Waals surface area contributed by atoms with Crippen molar-refractivity contribution in [3.63, 3.8) is 0 Å². The number of nitrogens with one attached hydrogen (secondary N) is 1. The molecule has 0 saturated carbocycles. The minimum Gasteiger partial charge on any atom is -0.496 e. The molecular formula is C27H25ClF4N8O. The second kappa shape index (κ2) is 12.4. The van der Waals surface area contributed by atoms with E-state index in [2.05, 4.69) is 20.4 Å². The summed E-state index contributed by atoms with van der Waals surface area (Å²) in [5, 5.41) is 16.4. The van der Waals surface area contributed by atoms with Crippen LogP contribution in [0.1, 0.15) is 18.5 Å². The van der Waals surface area contributed by atoms with Crippen molar-refractivity contribution in [1.82, 2.24) is 19.7 Å². The predicted molar refractivity (Wildman–Crippen MR) is 148 cm³/mol. The van der Waals surface area contributed by atoms with Gasteiger partial charge in [0.2, 0.25) is 0 Å². The lowest BCUT2D eigenvalue weighted by molar-refractivity contribution is 0.0566. The maximum Gasteiger partial charge on any atom is 0.333 e. The van der Waals surface area contributed by atoms with E-state index in [4.69, 9.17) is 10.5 Å². The summed E-state index contributed by atoms with van der Waals surface area (Å²) >= 11 is 0. The first-order chi connectivity index (χ1) is 19.3. The molecule has 0 aliphatic carbocycles. The van der Waals surface area contributed by atoms with Gasteiger partial charge >= 0.3 is 6.55 Å². The van der Waals surface area contributed by atoms with Crippen LogP contribution in [0.15, 0.2) is 55.0 Å². The van der Waals surface area contributed by atoms with Crippen LogP contribution >= 0.6 is 12.4 Å². The van der Waals surface area contributed by atoms with Crippen LogP contribution in [-0.4, -0.2) is 52.2 Å². The van der Waals surface area contributed by atoms with Gasteiger partial charge in [0.25, 0.3) is 0 Å². The number of methoxy groups -OCH3 is 1. The lowest BCUT2D eigenvalue weighted by Crippen LogP contribution is -2.49. The third kappa shape index (κ3) is 6.03. The Labute approximate surface area is 239 Å². The van der Waals surface area contributed by atoms with Gasteiger partial charge in [-0.25, -0.2) is 23.4 Å². The summed E-state index contributed by atoms with van der Waals surface area (Å²) in [6.45, 7) is -2.26. The van der Waals surface area contributed by atoms with Crippen LogP contribution in [-0.2, 0) is 0 Å². The molecule has 1 aromatic carbocycles. The van der Waals surface area contributed by atoms with E-state index < -0.39 is 24.6 Å². The fraction of sp³-hybridized carbons (Fsp3) is 0.259. The number of nitrogens with zero attached hydrogens (tertiary/aromatic N) is 6.